The molecule has 1 unspecified atom stereocenters. The van der Waals surface area contributed by atoms with Gasteiger partial charge in [-0.25, -0.2) is 9.50 Å². The molecule has 3 heterocycles. The summed E-state index contributed by atoms with van der Waals surface area (Å²) < 4.78 is 1.71. The van der Waals surface area contributed by atoms with Crippen LogP contribution in [0.25, 0.3) is 5.78 Å². The Morgan fingerprint density at radius 1 is 1.42 bits per heavy atom. The quantitative estimate of drug-likeness (QED) is 0.708. The van der Waals surface area contributed by atoms with Gasteiger partial charge in [-0.05, 0) is 38.5 Å². The highest BCUT2D eigenvalue weighted by molar-refractivity contribution is 7.98. The predicted octanol–water partition coefficient (Wildman–Crippen LogP) is 2.94. The summed E-state index contributed by atoms with van der Waals surface area (Å²) in [6.07, 6.45) is 2.21. The first kappa shape index (κ1) is 16.9. The summed E-state index contributed by atoms with van der Waals surface area (Å²) in [5.74, 6) is 0.555. The van der Waals surface area contributed by atoms with Gasteiger partial charge in [0.1, 0.15) is 0 Å². The van der Waals surface area contributed by atoms with Crippen molar-refractivity contribution in [2.75, 3.05) is 6.26 Å². The van der Waals surface area contributed by atoms with Gasteiger partial charge in [0.05, 0.1) is 12.5 Å². The molecule has 126 valence electrons. The maximum absolute atomic E-state index is 12.4. The first-order valence-corrected chi connectivity index (χ1v) is 9.69. The summed E-state index contributed by atoms with van der Waals surface area (Å²) >= 11 is 3.12. The zero-order valence-electron chi connectivity index (χ0n) is 14.0. The van der Waals surface area contributed by atoms with Gasteiger partial charge in [-0.2, -0.15) is 4.98 Å². The average Bonchev–Trinajstić information content (AvgIpc) is 3.20. The van der Waals surface area contributed by atoms with Crippen molar-refractivity contribution in [1.29, 1.82) is 0 Å². The number of aryl methyl sites for hydroxylation is 2. The van der Waals surface area contributed by atoms with Crippen LogP contribution in [0, 0.1) is 13.8 Å². The van der Waals surface area contributed by atoms with E-state index in [0.29, 0.717) is 10.9 Å². The number of fused-ring (bicyclic) bond motifs is 1. The molecule has 1 N–H and O–H groups in total. The molecule has 0 radical (unpaired) electrons. The molecule has 0 aliphatic heterocycles. The smallest absolute Gasteiger partial charge is 0.253 e. The number of carbonyl (C=O) groups is 1. The minimum Gasteiger partial charge on any atom is -0.348 e. The third-order valence-electron chi connectivity index (χ3n) is 3.90. The lowest BCUT2D eigenvalue weighted by molar-refractivity contribution is -0.121. The minimum absolute atomic E-state index is 0.00395. The maximum atomic E-state index is 12.4. The Morgan fingerprint density at radius 2 is 2.21 bits per heavy atom. The number of thioether (sulfide) groups is 1. The van der Waals surface area contributed by atoms with Gasteiger partial charge in [0, 0.05) is 21.8 Å². The molecule has 1 atom stereocenters. The van der Waals surface area contributed by atoms with Crippen LogP contribution in [-0.4, -0.2) is 31.7 Å². The van der Waals surface area contributed by atoms with Crippen LogP contribution < -0.4 is 5.32 Å². The van der Waals surface area contributed by atoms with E-state index >= 15 is 0 Å². The van der Waals surface area contributed by atoms with E-state index in [9.17, 15) is 4.79 Å². The van der Waals surface area contributed by atoms with Gasteiger partial charge in [0.2, 0.25) is 11.1 Å². The van der Waals surface area contributed by atoms with Gasteiger partial charge in [-0.1, -0.05) is 17.8 Å². The van der Waals surface area contributed by atoms with Crippen molar-refractivity contribution in [3.63, 3.8) is 0 Å². The molecular weight excluding hydrogens is 342 g/mol. The lowest BCUT2D eigenvalue weighted by Gasteiger charge is -2.14. The van der Waals surface area contributed by atoms with Crippen molar-refractivity contribution in [3.8, 4) is 0 Å². The Labute approximate surface area is 148 Å². The monoisotopic (exact) mass is 361 g/mol. The molecule has 0 aliphatic carbocycles. The molecule has 0 saturated carbocycles. The van der Waals surface area contributed by atoms with Gasteiger partial charge in [-0.15, -0.1) is 16.4 Å². The number of amides is 1. The van der Waals surface area contributed by atoms with Gasteiger partial charge < -0.3 is 5.32 Å². The van der Waals surface area contributed by atoms with E-state index < -0.39 is 0 Å². The second-order valence-electron chi connectivity index (χ2n) is 5.55. The molecule has 0 fully saturated rings. The van der Waals surface area contributed by atoms with E-state index in [4.69, 9.17) is 0 Å². The van der Waals surface area contributed by atoms with E-state index in [2.05, 4.69) is 20.4 Å². The number of carbonyl (C=O) groups excluding carboxylic acids is 1. The van der Waals surface area contributed by atoms with E-state index in [1.54, 1.807) is 15.9 Å². The van der Waals surface area contributed by atoms with Crippen LogP contribution in [0.3, 0.4) is 0 Å². The van der Waals surface area contributed by atoms with E-state index in [-0.39, 0.29) is 18.4 Å². The Hall–Kier alpha value is -1.93. The lowest BCUT2D eigenvalue weighted by Crippen LogP contribution is -2.28. The fourth-order valence-electron chi connectivity index (χ4n) is 2.59. The Bertz CT molecular complexity index is 872. The number of nitrogens with zero attached hydrogens (tertiary/aromatic N) is 4. The summed E-state index contributed by atoms with van der Waals surface area (Å²) in [5.41, 5.74) is 2.62. The molecule has 8 heteroatoms. The fourth-order valence-corrected chi connectivity index (χ4v) is 3.66. The molecule has 0 spiro atoms. The van der Waals surface area contributed by atoms with Crippen LogP contribution in [0.15, 0.2) is 22.7 Å². The number of hydrogen-bond donors (Lipinski definition) is 1. The maximum Gasteiger partial charge on any atom is 0.253 e. The molecule has 3 aromatic rings. The van der Waals surface area contributed by atoms with Crippen LogP contribution in [0.1, 0.15) is 34.8 Å². The molecule has 0 aromatic carbocycles. The van der Waals surface area contributed by atoms with Crippen molar-refractivity contribution in [2.24, 2.45) is 0 Å². The number of thiophene rings is 1. The molecule has 0 aliphatic rings. The highest BCUT2D eigenvalue weighted by Gasteiger charge is 2.17. The van der Waals surface area contributed by atoms with Crippen LogP contribution in [-0.2, 0) is 11.2 Å². The standard InChI is InChI=1S/C16H19N5OS2/c1-9-12(8-14(22)17-10(2)13-6-5-7-24-13)11(3)21-15(18-9)19-16(20-21)23-4/h5-7,10H,8H2,1-4H3,(H,17,22). The molecule has 3 aromatic heterocycles. The summed E-state index contributed by atoms with van der Waals surface area (Å²) in [6.45, 7) is 5.85. The van der Waals surface area contributed by atoms with E-state index in [0.717, 1.165) is 21.8 Å². The first-order chi connectivity index (χ1) is 11.5. The SMILES string of the molecule is CSc1nc2nc(C)c(CC(=O)NC(C)c3cccs3)c(C)n2n1. The second kappa shape index (κ2) is 6.90. The zero-order chi connectivity index (χ0) is 17.3. The van der Waals surface area contributed by atoms with Gasteiger partial charge >= 0.3 is 0 Å². The largest absolute Gasteiger partial charge is 0.348 e. The highest BCUT2D eigenvalue weighted by Crippen LogP contribution is 2.20. The van der Waals surface area contributed by atoms with Crippen molar-refractivity contribution in [1.82, 2.24) is 24.9 Å². The minimum atomic E-state index is -0.0199. The number of aromatic nitrogens is 4. The Balaban J connectivity index is 1.82. The lowest BCUT2D eigenvalue weighted by atomic mass is 10.1. The second-order valence-corrected chi connectivity index (χ2v) is 7.31. The molecule has 0 bridgehead atoms. The van der Waals surface area contributed by atoms with Crippen molar-refractivity contribution >= 4 is 34.8 Å². The number of hydrogen-bond acceptors (Lipinski definition) is 6. The third-order valence-corrected chi connectivity index (χ3v) is 5.49. The van der Waals surface area contributed by atoms with Crippen LogP contribution in [0.4, 0.5) is 0 Å². The van der Waals surface area contributed by atoms with Gasteiger partial charge in [-0.3, -0.25) is 4.79 Å². The van der Waals surface area contributed by atoms with Crippen LogP contribution in [0.5, 0.6) is 0 Å². The number of nitrogens with one attached hydrogen (secondary N) is 1. The molecule has 24 heavy (non-hydrogen) atoms. The molecule has 3 rings (SSSR count). The molecular formula is C16H19N5OS2. The number of rotatable bonds is 5. The molecule has 0 saturated heterocycles. The van der Waals surface area contributed by atoms with Crippen molar-refractivity contribution in [2.45, 2.75) is 38.4 Å². The summed E-state index contributed by atoms with van der Waals surface area (Å²) in [5, 5.41) is 10.2. The zero-order valence-corrected chi connectivity index (χ0v) is 15.7. The average molecular weight is 361 g/mol. The molecule has 6 nitrogen and oxygen atoms in total. The molecule has 1 amide bonds. The van der Waals surface area contributed by atoms with Crippen LogP contribution in [0.2, 0.25) is 0 Å². The van der Waals surface area contributed by atoms with E-state index in [1.807, 2.05) is 44.5 Å². The van der Waals surface area contributed by atoms with Gasteiger partial charge in [0.15, 0.2) is 0 Å². The van der Waals surface area contributed by atoms with Gasteiger partial charge in [0.25, 0.3) is 5.78 Å². The highest BCUT2D eigenvalue weighted by atomic mass is 32.2. The fraction of sp³-hybridized carbons (Fsp3) is 0.375. The predicted molar refractivity (Wildman–Crippen MR) is 96.6 cm³/mol. The summed E-state index contributed by atoms with van der Waals surface area (Å²) in [7, 11) is 0. The topological polar surface area (TPSA) is 72.2 Å². The van der Waals surface area contributed by atoms with Crippen molar-refractivity contribution < 1.29 is 4.79 Å². The third kappa shape index (κ3) is 3.29. The summed E-state index contributed by atoms with van der Waals surface area (Å²) in [4.78, 5) is 22.4. The first-order valence-electron chi connectivity index (χ1n) is 7.59. The Kier molecular flexibility index (Phi) is 4.86. The normalized spacial score (nSPS) is 12.5. The summed E-state index contributed by atoms with van der Waals surface area (Å²) in [6, 6.07) is 4.02. The van der Waals surface area contributed by atoms with Crippen LogP contribution >= 0.6 is 23.1 Å². The van der Waals surface area contributed by atoms with E-state index in [1.165, 1.54) is 11.8 Å². The Morgan fingerprint density at radius 3 is 2.88 bits per heavy atom. The van der Waals surface area contributed by atoms with Crippen molar-refractivity contribution in [3.05, 3.63) is 39.3 Å².